The van der Waals surface area contributed by atoms with E-state index in [4.69, 9.17) is 0 Å². The molecule has 0 spiro atoms. The molecule has 0 saturated carbocycles. The van der Waals surface area contributed by atoms with Crippen molar-refractivity contribution in [3.63, 3.8) is 0 Å². The highest BCUT2D eigenvalue weighted by Crippen LogP contribution is 2.68. The largest absolute Gasteiger partial charge is 0.477 e. The van der Waals surface area contributed by atoms with Gasteiger partial charge in [-0.2, -0.15) is 173 Å². The average Bonchev–Trinajstić information content (AvgIpc) is 1.41. The molecule has 116 heavy (non-hydrogen) atoms. The molecule has 3 N–H and O–H groups in total. The highest BCUT2D eigenvalue weighted by molar-refractivity contribution is 7.14. The number of carboxylic acids is 1. The average molecular weight is 1790 g/mol. The number of nitriles is 1. The zero-order valence-corrected chi connectivity index (χ0v) is 54.0. The Morgan fingerprint density at radius 2 is 0.784 bits per heavy atom. The number of nitrogens with one attached hydrogen (secondary N) is 2. The zero-order chi connectivity index (χ0) is 89.4. The normalized spacial score (nSPS) is 17.4. The summed E-state index contributed by atoms with van der Waals surface area (Å²) in [7, 11) is -0.985. The van der Waals surface area contributed by atoms with Crippen molar-refractivity contribution in [3.05, 3.63) is 117 Å². The molecule has 4 aliphatic heterocycles. The molecule has 7 heterocycles. The van der Waals surface area contributed by atoms with Gasteiger partial charge in [0.1, 0.15) is 79.7 Å². The van der Waals surface area contributed by atoms with E-state index in [1.165, 1.54) is 0 Å². The summed E-state index contributed by atoms with van der Waals surface area (Å²) in [6.45, 7) is -1.59. The van der Waals surface area contributed by atoms with Gasteiger partial charge >= 0.3 is 114 Å². The van der Waals surface area contributed by atoms with Crippen LogP contribution in [-0.2, 0) is 59.1 Å². The van der Waals surface area contributed by atoms with Gasteiger partial charge in [-0.3, -0.25) is 4.57 Å². The SMILES string of the molecule is Cn1c2c3c(F)c(C(F)(C(F)(F)F)C(F)(F)F)c(C(F)(C(F)(F)F)C(F)(F)F)c(F)c3c1NC1c3c(F)c(C(F)(C(F)(F)F)C(F)(F)F)c(C(F)(C(F)(F)F)C(F)(F)F)c(F)c3C3=[N+]1N[N+]1=C(N=c4c5c(C(F)(F)F)sc(C=C(C#N)C(=O)O)c5c(n4C)=N3)c3c(F)c(C(C)(F)C(F)(F)F)c(C(F)(C(F)(F)F)C(F)(F)F)c(F)c3C1=N2. The summed E-state index contributed by atoms with van der Waals surface area (Å²) in [6, 6.07) is 0.666. The molecule has 3 aromatic heterocycles. The molecule has 6 bridgehead atoms. The Morgan fingerprint density at radius 1 is 0.440 bits per heavy atom. The summed E-state index contributed by atoms with van der Waals surface area (Å²) in [4.78, 5) is 16.6. The van der Waals surface area contributed by atoms with Gasteiger partial charge in [0.05, 0.1) is 54.9 Å². The Balaban J connectivity index is 1.73. The van der Waals surface area contributed by atoms with Crippen molar-refractivity contribution in [3.8, 4) is 6.07 Å². The van der Waals surface area contributed by atoms with Gasteiger partial charge in [-0.05, 0) is 18.5 Å². The summed E-state index contributed by atoms with van der Waals surface area (Å²) in [5.41, 5.74) is -104. The van der Waals surface area contributed by atoms with E-state index in [0.717, 1.165) is 5.53 Å². The van der Waals surface area contributed by atoms with Crippen molar-refractivity contribution >= 4 is 74.1 Å². The fraction of sp³-hybridized carbons (Fsp3) is 0.400. The molecule has 4 aliphatic rings. The van der Waals surface area contributed by atoms with Crippen LogP contribution in [0.1, 0.15) is 78.5 Å². The van der Waals surface area contributed by atoms with Crippen molar-refractivity contribution < 1.29 is 230 Å². The highest BCUT2D eigenvalue weighted by atomic mass is 32.1. The number of aliphatic imine (C=N–C) groups is 1. The zero-order valence-electron chi connectivity index (χ0n) is 53.1. The molecule has 2 atom stereocenters. The van der Waals surface area contributed by atoms with Gasteiger partial charge in [-0.15, -0.1) is 11.3 Å². The molecule has 0 saturated heterocycles. The second-order valence-electron chi connectivity index (χ2n) is 24.3. The summed E-state index contributed by atoms with van der Waals surface area (Å²) in [5.74, 6) is -49.1. The van der Waals surface area contributed by atoms with E-state index in [0.29, 0.717) is 11.4 Å². The van der Waals surface area contributed by atoms with Gasteiger partial charge in [0.15, 0.2) is 5.49 Å². The number of hydrazone groups is 2. The molecule has 636 valence electrons. The van der Waals surface area contributed by atoms with Gasteiger partial charge < -0.3 is 15.0 Å². The van der Waals surface area contributed by atoms with Crippen LogP contribution in [-0.4, -0.2) is 115 Å². The van der Waals surface area contributed by atoms with Crippen LogP contribution < -0.4 is 21.8 Å². The van der Waals surface area contributed by atoms with Gasteiger partial charge in [0.2, 0.25) is 5.67 Å². The smallest absolute Gasteiger partial charge is 0.436 e. The van der Waals surface area contributed by atoms with Crippen LogP contribution >= 0.6 is 11.3 Å². The number of carbonyl (C=O) groups is 1. The standard InChI is InChI=1S/C55H12F48N10O2S/c1-38(62,45(71,72)73)16-17(39(63,46(74,75)76)47(77,78)79)25(59)12-11(22(16)56)33-108-32-15-8(7(4-6(5-104)37(114)115)116-28(15)44(68,69)70)29(110(32)2)105-34-13-14(27(61)21(43(67,54(98,99)100)55(101,102)103)20(26(13)60)42(66,52(92,93)94)53(95,96)97)36-107-31-10-9(30(111(31)3)106-35(12)112(33)109-113(34)36)23(57)18(40(64,48(80,81)82)49(83,84)85)19(24(10)58)41(65,50(86,87)88)51(89,90)91/h4,36,109H,1-3H3/p+2. The van der Waals surface area contributed by atoms with Gasteiger partial charge in [0.25, 0.3) is 23.3 Å². The Labute approximate surface area is 602 Å². The highest BCUT2D eigenvalue weighted by Gasteiger charge is 2.85. The van der Waals surface area contributed by atoms with Crippen LogP contribution in [0.25, 0.3) is 27.6 Å². The molecule has 0 aliphatic carbocycles. The van der Waals surface area contributed by atoms with Crippen molar-refractivity contribution in [2.24, 2.45) is 29.1 Å². The van der Waals surface area contributed by atoms with Gasteiger partial charge in [0, 0.05) is 29.5 Å². The van der Waals surface area contributed by atoms with Crippen LogP contribution in [0.4, 0.5) is 222 Å². The summed E-state index contributed by atoms with van der Waals surface area (Å²) < 4.78 is 752. The lowest BCUT2D eigenvalue weighted by Crippen LogP contribution is -2.57. The third-order valence-electron chi connectivity index (χ3n) is 17.8. The van der Waals surface area contributed by atoms with E-state index < -0.39 is 338 Å². The molecule has 10 rings (SSSR count). The second kappa shape index (κ2) is 24.8. The molecule has 2 unspecified atom stereocenters. The maximum absolute atomic E-state index is 18.5. The van der Waals surface area contributed by atoms with E-state index >= 15 is 211 Å². The topological polar surface area (TPSA) is 138 Å². The molecule has 6 aromatic rings. The fourth-order valence-corrected chi connectivity index (χ4v) is 13.7. The van der Waals surface area contributed by atoms with Crippen LogP contribution in [0.2, 0.25) is 0 Å². The maximum atomic E-state index is 18.5. The van der Waals surface area contributed by atoms with Crippen LogP contribution in [0.3, 0.4) is 0 Å². The predicted molar refractivity (Wildman–Crippen MR) is 278 cm³/mol. The maximum Gasteiger partial charge on any atom is 0.436 e. The molecule has 0 fully saturated rings. The third-order valence-corrected chi connectivity index (χ3v) is 19.0. The molecule has 61 heteroatoms. The number of amidine groups is 3. The second-order valence-corrected chi connectivity index (χ2v) is 25.4. The number of nitrogens with zero attached hydrogens (tertiary/aromatic N) is 8. The molecule has 0 amide bonds. The minimum absolute atomic E-state index is 0.228. The first-order valence-electron chi connectivity index (χ1n) is 28.5. The summed E-state index contributed by atoms with van der Waals surface area (Å²) >= 11 is -1.24. The van der Waals surface area contributed by atoms with Crippen molar-refractivity contribution in [1.29, 1.82) is 5.26 Å². The number of carboxylic acid groups (broad SMARTS) is 1. The minimum Gasteiger partial charge on any atom is -0.477 e. The van der Waals surface area contributed by atoms with E-state index in [1.54, 1.807) is 0 Å². The number of alkyl halides is 42. The molecule has 12 nitrogen and oxygen atoms in total. The number of fused-ring (bicyclic) bond motifs is 16. The number of hydrogen-bond donors (Lipinski definition) is 3. The first kappa shape index (κ1) is 88.4. The Morgan fingerprint density at radius 3 is 1.16 bits per heavy atom. The third kappa shape index (κ3) is 11.3. The van der Waals surface area contributed by atoms with Crippen molar-refractivity contribution in [1.82, 2.24) is 14.7 Å². The lowest BCUT2D eigenvalue weighted by Gasteiger charge is -2.37. The first-order chi connectivity index (χ1) is 51.5. The number of thiophene rings is 1. The molecule has 0 radical (unpaired) electrons. The lowest BCUT2D eigenvalue weighted by molar-refractivity contribution is -0.786. The number of anilines is 1. The first-order valence-corrected chi connectivity index (χ1v) is 29.4. The molecule has 3 aromatic carbocycles. The monoisotopic (exact) mass is 1790 g/mol. The number of hydrogen-bond acceptors (Lipinski definition) is 8. The predicted octanol–water partition coefficient (Wildman–Crippen LogP) is 18.9. The lowest BCUT2D eigenvalue weighted by atomic mass is 9.78. The van der Waals surface area contributed by atoms with Gasteiger partial charge in [-0.1, -0.05) is 9.37 Å². The van der Waals surface area contributed by atoms with Gasteiger partial charge in [-0.25, -0.2) is 57.5 Å². The Hall–Kier alpha value is -10.0. The summed E-state index contributed by atoms with van der Waals surface area (Å²) in [6.07, 6.45) is -107. The minimum atomic E-state index is -8.92. The summed E-state index contributed by atoms with van der Waals surface area (Å²) in [5, 5.41) is 7.77. The number of aromatic nitrogens is 2. The molecular weight excluding hydrogens is 1780 g/mol. The number of hydrazine groups is 2. The van der Waals surface area contributed by atoms with E-state index in [1.807, 2.05) is 0 Å². The number of aliphatic carboxylic acids is 1. The van der Waals surface area contributed by atoms with E-state index in [2.05, 4.69) is 15.0 Å². The quantitative estimate of drug-likeness (QED) is 0.0603. The fourth-order valence-electron chi connectivity index (χ4n) is 12.6. The Kier molecular flexibility index (Phi) is 18.9. The number of benzene rings is 3. The van der Waals surface area contributed by atoms with Crippen molar-refractivity contribution in [2.45, 2.75) is 121 Å². The van der Waals surface area contributed by atoms with E-state index in [-0.39, 0.29) is 7.05 Å². The van der Waals surface area contributed by atoms with E-state index in [9.17, 15) is 15.2 Å². The van der Waals surface area contributed by atoms with Crippen LogP contribution in [0, 0.1) is 46.2 Å². The van der Waals surface area contributed by atoms with Crippen LogP contribution in [0.5, 0.6) is 0 Å². The number of halogens is 48. The Bertz CT molecular complexity index is 5550. The number of rotatable bonds is 8. The molecular formula is C55H14F48N10O2S+2. The van der Waals surface area contributed by atoms with Crippen LogP contribution in [0.15, 0.2) is 20.6 Å². The van der Waals surface area contributed by atoms with Crippen molar-refractivity contribution in [2.75, 3.05) is 5.32 Å².